The Morgan fingerprint density at radius 2 is 1.21 bits per heavy atom. The Morgan fingerprint density at radius 1 is 0.661 bits per heavy atom. The molecule has 2 unspecified atom stereocenters. The van der Waals surface area contributed by atoms with Gasteiger partial charge in [0.25, 0.3) is 0 Å². The summed E-state index contributed by atoms with van der Waals surface area (Å²) in [6.07, 6.45) is 7.13. The van der Waals surface area contributed by atoms with E-state index < -0.39 is 0 Å². The van der Waals surface area contributed by atoms with Gasteiger partial charge in [-0.1, -0.05) is 215 Å². The van der Waals surface area contributed by atoms with E-state index in [1.165, 1.54) is 66.1 Å². The molecule has 2 heteroatoms. The first kappa shape index (κ1) is 44.1. The summed E-state index contributed by atoms with van der Waals surface area (Å²) >= 11 is 0. The molecule has 0 bridgehead atoms. The molecule has 0 saturated heterocycles. The van der Waals surface area contributed by atoms with Gasteiger partial charge in [0.1, 0.15) is 0 Å². The van der Waals surface area contributed by atoms with Crippen molar-refractivity contribution in [3.05, 3.63) is 226 Å². The Bertz CT molecular complexity index is 2670. The van der Waals surface area contributed by atoms with E-state index in [1.54, 1.807) is 11.1 Å². The SMILES string of the molecule is CC/C(C)=C(/N)c1cccc(C)c1.CC[C@@H](C)c1ccccc1C1=C(C)C2C(C=C1)c1c(c3ccccc3c3ccccc13)C2(C)C.c1ccc(CNCc2ccccc2)cc1. The molecule has 0 radical (unpaired) electrons. The molecule has 2 aliphatic rings. The minimum atomic E-state index is 0.0506. The van der Waals surface area contributed by atoms with E-state index in [1.807, 2.05) is 18.2 Å². The van der Waals surface area contributed by atoms with Gasteiger partial charge in [-0.15, -0.1) is 0 Å². The first-order valence-electron chi connectivity index (χ1n) is 22.8. The van der Waals surface area contributed by atoms with E-state index in [-0.39, 0.29) is 5.41 Å². The second kappa shape index (κ2) is 19.8. The number of aryl methyl sites for hydroxylation is 1. The van der Waals surface area contributed by atoms with Crippen LogP contribution >= 0.6 is 0 Å². The lowest BCUT2D eigenvalue weighted by Crippen LogP contribution is -2.28. The summed E-state index contributed by atoms with van der Waals surface area (Å²) in [6, 6.07) is 56.4. The third-order valence-electron chi connectivity index (χ3n) is 13.5. The predicted octanol–water partition coefficient (Wildman–Crippen LogP) is 15.6. The molecule has 0 aromatic heterocycles. The number of rotatable bonds is 9. The van der Waals surface area contributed by atoms with Gasteiger partial charge in [0.05, 0.1) is 0 Å². The minimum absolute atomic E-state index is 0.0506. The highest BCUT2D eigenvalue weighted by molar-refractivity contribution is 6.12. The van der Waals surface area contributed by atoms with Gasteiger partial charge in [-0.2, -0.15) is 0 Å². The summed E-state index contributed by atoms with van der Waals surface area (Å²) in [5.74, 6) is 1.44. The van der Waals surface area contributed by atoms with Crippen LogP contribution in [0.1, 0.15) is 118 Å². The number of allylic oxidation sites excluding steroid dienone is 5. The van der Waals surface area contributed by atoms with Gasteiger partial charge in [-0.05, 0) is 123 Å². The van der Waals surface area contributed by atoms with Crippen molar-refractivity contribution in [2.75, 3.05) is 0 Å². The van der Waals surface area contributed by atoms with Crippen molar-refractivity contribution >= 4 is 32.8 Å². The Morgan fingerprint density at radius 3 is 1.81 bits per heavy atom. The molecule has 0 aliphatic heterocycles. The monoisotopic (exact) mass is 815 g/mol. The summed E-state index contributed by atoms with van der Waals surface area (Å²) in [5, 5.41) is 9.05. The lowest BCUT2D eigenvalue weighted by atomic mass is 9.68. The van der Waals surface area contributed by atoms with Gasteiger partial charge in [0.2, 0.25) is 0 Å². The topological polar surface area (TPSA) is 38.0 Å². The number of hydrogen-bond acceptors (Lipinski definition) is 2. The van der Waals surface area contributed by atoms with Crippen molar-refractivity contribution in [2.24, 2.45) is 11.7 Å². The maximum absolute atomic E-state index is 6.00. The number of fused-ring (bicyclic) bond motifs is 8. The van der Waals surface area contributed by atoms with Gasteiger partial charge >= 0.3 is 0 Å². The van der Waals surface area contributed by atoms with E-state index in [0.29, 0.717) is 17.8 Å². The average Bonchev–Trinajstić information content (AvgIpc) is 3.56. The molecule has 7 aromatic rings. The van der Waals surface area contributed by atoms with Crippen LogP contribution in [0.2, 0.25) is 0 Å². The second-order valence-corrected chi connectivity index (χ2v) is 17.9. The van der Waals surface area contributed by atoms with Gasteiger partial charge < -0.3 is 11.1 Å². The molecule has 62 heavy (non-hydrogen) atoms. The normalized spacial score (nSPS) is 17.0. The van der Waals surface area contributed by atoms with Crippen LogP contribution < -0.4 is 11.1 Å². The quantitative estimate of drug-likeness (QED) is 0.142. The van der Waals surface area contributed by atoms with Gasteiger partial charge in [0, 0.05) is 24.7 Å². The molecule has 0 amide bonds. The van der Waals surface area contributed by atoms with Crippen molar-refractivity contribution in [1.82, 2.24) is 5.32 Å². The summed E-state index contributed by atoms with van der Waals surface area (Å²) in [4.78, 5) is 0. The van der Waals surface area contributed by atoms with E-state index in [2.05, 4.69) is 212 Å². The van der Waals surface area contributed by atoms with Crippen LogP contribution in [0, 0.1) is 12.8 Å². The summed E-state index contributed by atoms with van der Waals surface area (Å²) in [5.41, 5.74) is 22.3. The highest BCUT2D eigenvalue weighted by atomic mass is 14.8. The Hall–Kier alpha value is -5.96. The number of hydrogen-bond donors (Lipinski definition) is 2. The van der Waals surface area contributed by atoms with Gasteiger partial charge in [-0.25, -0.2) is 0 Å². The summed E-state index contributed by atoms with van der Waals surface area (Å²) in [6.45, 7) is 20.2. The van der Waals surface area contributed by atoms with Crippen molar-refractivity contribution in [3.8, 4) is 0 Å². The standard InChI is InChI=1S/C34H34.C14H15N.C12H17N/c1-6-21(2)23-13-7-8-14-25(23)24-19-20-30-31-28-17-11-9-15-26(28)27-16-10-12-18-29(27)33(31)34(4,5)32(30)22(24)3;1-3-7-13(8-4-1)11-15-12-14-9-5-2-6-10-14;1-4-10(3)12(13)11-7-5-6-9(2)8-11/h7-21,30,32H,6H2,1-5H3;1-10,15H,11-12H2;5-8H,4,13H2,1-3H3/b;;12-10+/t21-,30?,32?;;/m1../s1. The molecule has 0 heterocycles. The van der Waals surface area contributed by atoms with Crippen molar-refractivity contribution in [3.63, 3.8) is 0 Å². The maximum Gasteiger partial charge on any atom is 0.0376 e. The van der Waals surface area contributed by atoms with Crippen LogP contribution in [0.15, 0.2) is 181 Å². The Labute approximate surface area is 372 Å². The molecule has 2 aliphatic carbocycles. The molecule has 2 nitrogen and oxygen atoms in total. The largest absolute Gasteiger partial charge is 0.398 e. The highest BCUT2D eigenvalue weighted by Gasteiger charge is 2.49. The zero-order valence-corrected chi connectivity index (χ0v) is 38.3. The number of nitrogens with two attached hydrogens (primary N) is 1. The molecule has 0 spiro atoms. The fourth-order valence-corrected chi connectivity index (χ4v) is 9.98. The minimum Gasteiger partial charge on any atom is -0.398 e. The van der Waals surface area contributed by atoms with E-state index in [4.69, 9.17) is 5.73 Å². The molecule has 316 valence electrons. The third kappa shape index (κ3) is 9.27. The first-order valence-corrected chi connectivity index (χ1v) is 22.8. The van der Waals surface area contributed by atoms with Crippen LogP contribution in [-0.4, -0.2) is 0 Å². The van der Waals surface area contributed by atoms with E-state index >= 15 is 0 Å². The van der Waals surface area contributed by atoms with Crippen molar-refractivity contribution < 1.29 is 0 Å². The van der Waals surface area contributed by atoms with Crippen molar-refractivity contribution in [1.29, 1.82) is 0 Å². The second-order valence-electron chi connectivity index (χ2n) is 17.9. The predicted molar refractivity (Wildman–Crippen MR) is 269 cm³/mol. The summed E-state index contributed by atoms with van der Waals surface area (Å²) < 4.78 is 0. The van der Waals surface area contributed by atoms with Crippen LogP contribution in [0.4, 0.5) is 0 Å². The maximum atomic E-state index is 6.00. The first-order chi connectivity index (χ1) is 30.0. The van der Waals surface area contributed by atoms with Crippen LogP contribution in [0.5, 0.6) is 0 Å². The number of nitrogens with one attached hydrogen (secondary N) is 1. The zero-order chi connectivity index (χ0) is 43.8. The van der Waals surface area contributed by atoms with Crippen LogP contribution in [-0.2, 0) is 18.5 Å². The number of benzene rings is 7. The fraction of sp³-hybridized carbons (Fsp3) is 0.267. The Balaban J connectivity index is 0.000000170. The van der Waals surface area contributed by atoms with Gasteiger partial charge in [0.15, 0.2) is 0 Å². The molecular weight excluding hydrogens is 749 g/mol. The van der Waals surface area contributed by atoms with E-state index in [0.717, 1.165) is 37.2 Å². The highest BCUT2D eigenvalue weighted by Crippen LogP contribution is 2.60. The van der Waals surface area contributed by atoms with Crippen LogP contribution in [0.3, 0.4) is 0 Å². The third-order valence-corrected chi connectivity index (χ3v) is 13.5. The summed E-state index contributed by atoms with van der Waals surface area (Å²) in [7, 11) is 0. The molecule has 7 aromatic carbocycles. The lowest BCUT2D eigenvalue weighted by Gasteiger charge is -2.36. The van der Waals surface area contributed by atoms with E-state index in [9.17, 15) is 0 Å². The zero-order valence-electron chi connectivity index (χ0n) is 38.3. The van der Waals surface area contributed by atoms with Gasteiger partial charge in [-0.3, -0.25) is 0 Å². The van der Waals surface area contributed by atoms with Crippen LogP contribution in [0.25, 0.3) is 32.8 Å². The Kier molecular flexibility index (Phi) is 14.1. The molecule has 3 atom stereocenters. The van der Waals surface area contributed by atoms with Crippen molar-refractivity contribution in [2.45, 2.75) is 98.6 Å². The molecule has 0 saturated carbocycles. The molecule has 0 fully saturated rings. The lowest BCUT2D eigenvalue weighted by molar-refractivity contribution is 0.378. The average molecular weight is 815 g/mol. The fourth-order valence-electron chi connectivity index (χ4n) is 9.98. The molecule has 9 rings (SSSR count). The molecular formula is C60H66N2. The smallest absolute Gasteiger partial charge is 0.0376 e. The molecule has 3 N–H and O–H groups in total.